The minimum Gasteiger partial charge on any atom is -0.415 e. The van der Waals surface area contributed by atoms with Crippen LogP contribution in [0.1, 0.15) is 10.4 Å². The molecule has 0 spiro atoms. The number of hydrogen-bond acceptors (Lipinski definition) is 4. The molecule has 0 radical (unpaired) electrons. The van der Waals surface area contributed by atoms with E-state index in [9.17, 15) is 17.6 Å². The molecular weight excluding hydrogens is 320 g/mol. The van der Waals surface area contributed by atoms with Crippen molar-refractivity contribution in [2.24, 2.45) is 0 Å². The van der Waals surface area contributed by atoms with E-state index in [1.165, 1.54) is 11.3 Å². The van der Waals surface area contributed by atoms with Gasteiger partial charge in [-0.1, -0.05) is 0 Å². The maximum Gasteiger partial charge on any atom is 0.416 e. The Bertz CT molecular complexity index is 822. The third-order valence-electron chi connectivity index (χ3n) is 2.85. The summed E-state index contributed by atoms with van der Waals surface area (Å²) in [6, 6.07) is 5.74. The zero-order chi connectivity index (χ0) is 15.9. The molecule has 0 fully saturated rings. The molecule has 0 aliphatic rings. The molecule has 0 atom stereocenters. The van der Waals surface area contributed by atoms with Gasteiger partial charge in [0.1, 0.15) is 5.82 Å². The highest BCUT2D eigenvalue weighted by molar-refractivity contribution is 7.15. The highest BCUT2D eigenvalue weighted by atomic mass is 32.1. The normalized spacial score (nSPS) is 11.9. The number of alkyl halides is 3. The van der Waals surface area contributed by atoms with Gasteiger partial charge in [-0.3, -0.25) is 0 Å². The van der Waals surface area contributed by atoms with Crippen LogP contribution in [0.5, 0.6) is 0 Å². The highest BCUT2D eigenvalue weighted by Gasteiger charge is 2.32. The quantitative estimate of drug-likeness (QED) is 0.626. The van der Waals surface area contributed by atoms with Gasteiger partial charge in [-0.25, -0.2) is 4.39 Å². The average molecular weight is 328 g/mol. The van der Waals surface area contributed by atoms with Gasteiger partial charge in [0.25, 0.3) is 5.89 Å². The lowest BCUT2D eigenvalue weighted by molar-refractivity contribution is -0.137. The minimum absolute atomic E-state index is 0.112. The second kappa shape index (κ2) is 5.20. The molecular formula is C14H8F4N2OS. The Morgan fingerprint density at radius 3 is 2.41 bits per heavy atom. The predicted molar refractivity (Wildman–Crippen MR) is 72.7 cm³/mol. The Hall–Kier alpha value is -2.22. The second-order valence-corrected chi connectivity index (χ2v) is 5.84. The molecule has 114 valence electrons. The van der Waals surface area contributed by atoms with Crippen molar-refractivity contribution in [3.8, 4) is 22.2 Å². The van der Waals surface area contributed by atoms with Crippen molar-refractivity contribution < 1.29 is 22.0 Å². The van der Waals surface area contributed by atoms with E-state index in [1.54, 1.807) is 6.07 Å². The summed E-state index contributed by atoms with van der Waals surface area (Å²) in [7, 11) is 0. The van der Waals surface area contributed by atoms with Gasteiger partial charge < -0.3 is 4.42 Å². The fourth-order valence-electron chi connectivity index (χ4n) is 1.87. The Labute approximate surface area is 126 Å². The van der Waals surface area contributed by atoms with Crippen molar-refractivity contribution in [1.82, 2.24) is 10.2 Å². The zero-order valence-electron chi connectivity index (χ0n) is 11.1. The summed E-state index contributed by atoms with van der Waals surface area (Å²) < 4.78 is 56.8. The number of aromatic nitrogens is 2. The van der Waals surface area contributed by atoms with Crippen molar-refractivity contribution in [2.45, 2.75) is 13.1 Å². The Kier molecular flexibility index (Phi) is 3.48. The molecule has 0 saturated carbocycles. The van der Waals surface area contributed by atoms with Gasteiger partial charge in [0.2, 0.25) is 5.89 Å². The van der Waals surface area contributed by atoms with Gasteiger partial charge in [0, 0.05) is 10.4 Å². The second-order valence-electron chi connectivity index (χ2n) is 4.55. The van der Waals surface area contributed by atoms with Crippen LogP contribution in [0.15, 0.2) is 34.7 Å². The molecule has 0 amide bonds. The molecule has 8 heteroatoms. The van der Waals surface area contributed by atoms with E-state index < -0.39 is 17.6 Å². The largest absolute Gasteiger partial charge is 0.416 e. The van der Waals surface area contributed by atoms with Crippen LogP contribution in [0.4, 0.5) is 17.6 Å². The van der Waals surface area contributed by atoms with E-state index >= 15 is 0 Å². The fraction of sp³-hybridized carbons (Fsp3) is 0.143. The van der Waals surface area contributed by atoms with Crippen LogP contribution < -0.4 is 0 Å². The van der Waals surface area contributed by atoms with E-state index in [0.29, 0.717) is 10.9 Å². The van der Waals surface area contributed by atoms with Crippen LogP contribution in [0.25, 0.3) is 22.2 Å². The Balaban J connectivity index is 2.02. The summed E-state index contributed by atoms with van der Waals surface area (Å²) in [5, 5.41) is 7.48. The topological polar surface area (TPSA) is 38.9 Å². The summed E-state index contributed by atoms with van der Waals surface area (Å²) in [6.07, 6.45) is -4.65. The van der Waals surface area contributed by atoms with E-state index in [1.807, 2.05) is 13.0 Å². The zero-order valence-corrected chi connectivity index (χ0v) is 11.9. The molecule has 3 aromatic rings. The van der Waals surface area contributed by atoms with Crippen LogP contribution in [0.2, 0.25) is 0 Å². The molecule has 3 rings (SSSR count). The Morgan fingerprint density at radius 1 is 1.05 bits per heavy atom. The molecule has 3 nitrogen and oxygen atoms in total. The highest BCUT2D eigenvalue weighted by Crippen LogP contribution is 2.34. The first kappa shape index (κ1) is 14.7. The average Bonchev–Trinajstić information content (AvgIpc) is 3.05. The van der Waals surface area contributed by atoms with Crippen molar-refractivity contribution in [1.29, 1.82) is 0 Å². The van der Waals surface area contributed by atoms with Crippen LogP contribution >= 0.6 is 11.3 Å². The van der Waals surface area contributed by atoms with Crippen LogP contribution in [-0.2, 0) is 6.18 Å². The van der Waals surface area contributed by atoms with Crippen LogP contribution in [-0.4, -0.2) is 10.2 Å². The van der Waals surface area contributed by atoms with Gasteiger partial charge in [0.05, 0.1) is 10.4 Å². The van der Waals surface area contributed by atoms with Crippen molar-refractivity contribution in [3.05, 3.63) is 46.6 Å². The number of aryl methyl sites for hydroxylation is 1. The lowest BCUT2D eigenvalue weighted by atomic mass is 10.1. The number of thiophene rings is 1. The molecule has 2 aromatic heterocycles. The third-order valence-corrected chi connectivity index (χ3v) is 3.84. The molecule has 0 aliphatic heterocycles. The molecule has 0 unspecified atom stereocenters. The van der Waals surface area contributed by atoms with Gasteiger partial charge in [0.15, 0.2) is 0 Å². The van der Waals surface area contributed by atoms with E-state index in [2.05, 4.69) is 10.2 Å². The summed E-state index contributed by atoms with van der Waals surface area (Å²) in [6.45, 7) is 1.90. The molecule has 0 saturated heterocycles. The van der Waals surface area contributed by atoms with Gasteiger partial charge in [-0.2, -0.15) is 13.2 Å². The predicted octanol–water partition coefficient (Wildman–Crippen LogP) is 4.93. The summed E-state index contributed by atoms with van der Waals surface area (Å²) >= 11 is 1.41. The van der Waals surface area contributed by atoms with Crippen LogP contribution in [0, 0.1) is 12.7 Å². The monoisotopic (exact) mass is 328 g/mol. The van der Waals surface area contributed by atoms with Crippen molar-refractivity contribution >= 4 is 11.3 Å². The molecule has 0 bridgehead atoms. The molecule has 0 N–H and O–H groups in total. The van der Waals surface area contributed by atoms with E-state index in [0.717, 1.165) is 17.0 Å². The van der Waals surface area contributed by atoms with Gasteiger partial charge >= 0.3 is 6.18 Å². The van der Waals surface area contributed by atoms with Crippen molar-refractivity contribution in [3.63, 3.8) is 0 Å². The maximum atomic E-state index is 13.4. The summed E-state index contributed by atoms with van der Waals surface area (Å²) in [5.74, 6) is -0.992. The number of nitrogens with zero attached hydrogens (tertiary/aromatic N) is 2. The minimum atomic E-state index is -4.65. The standard InChI is InChI=1S/C14H8F4N2OS/c1-7-2-3-11(22-7)13-20-19-12(21-13)8-4-9(14(16,17)18)6-10(15)5-8/h2-6H,1H3. The summed E-state index contributed by atoms with van der Waals surface area (Å²) in [4.78, 5) is 1.73. The molecule has 0 aliphatic carbocycles. The number of halogens is 4. The van der Waals surface area contributed by atoms with E-state index in [-0.39, 0.29) is 17.3 Å². The number of hydrogen-bond donors (Lipinski definition) is 0. The molecule has 1 aromatic carbocycles. The summed E-state index contributed by atoms with van der Waals surface area (Å²) in [5.41, 5.74) is -1.21. The van der Waals surface area contributed by atoms with Crippen molar-refractivity contribution in [2.75, 3.05) is 0 Å². The smallest absolute Gasteiger partial charge is 0.415 e. The first-order chi connectivity index (χ1) is 10.3. The lowest BCUT2D eigenvalue weighted by Crippen LogP contribution is -2.05. The first-order valence-electron chi connectivity index (χ1n) is 6.11. The lowest BCUT2D eigenvalue weighted by Gasteiger charge is -2.07. The van der Waals surface area contributed by atoms with Gasteiger partial charge in [-0.05, 0) is 37.3 Å². The number of rotatable bonds is 2. The third kappa shape index (κ3) is 2.87. The van der Waals surface area contributed by atoms with Gasteiger partial charge in [-0.15, -0.1) is 21.5 Å². The number of benzene rings is 1. The van der Waals surface area contributed by atoms with Crippen LogP contribution in [0.3, 0.4) is 0 Å². The fourth-order valence-corrected chi connectivity index (χ4v) is 2.65. The maximum absolute atomic E-state index is 13.4. The SMILES string of the molecule is Cc1ccc(-c2nnc(-c3cc(F)cc(C(F)(F)F)c3)o2)s1. The Morgan fingerprint density at radius 2 is 1.77 bits per heavy atom. The first-order valence-corrected chi connectivity index (χ1v) is 6.93. The van der Waals surface area contributed by atoms with E-state index in [4.69, 9.17) is 4.42 Å². The molecule has 22 heavy (non-hydrogen) atoms. The molecule has 2 heterocycles.